The fraction of sp³-hybridized carbons (Fsp3) is 0.500. The summed E-state index contributed by atoms with van der Waals surface area (Å²) in [5.41, 5.74) is 2.50. The van der Waals surface area contributed by atoms with E-state index in [1.165, 1.54) is 56.6 Å². The van der Waals surface area contributed by atoms with E-state index >= 15 is 0 Å². The molecule has 1 fully saturated rings. The van der Waals surface area contributed by atoms with Gasteiger partial charge in [0.05, 0.1) is 12.8 Å². The molecule has 3 rings (SSSR count). The Morgan fingerprint density at radius 2 is 1.92 bits per heavy atom. The van der Waals surface area contributed by atoms with E-state index < -0.39 is 0 Å². The zero-order valence-corrected chi connectivity index (χ0v) is 15.3. The van der Waals surface area contributed by atoms with Crippen LogP contribution in [0.15, 0.2) is 36.5 Å². The normalized spacial score (nSPS) is 20.4. The largest absolute Gasteiger partial charge is 0.497 e. The third-order valence-electron chi connectivity index (χ3n) is 5.52. The summed E-state index contributed by atoms with van der Waals surface area (Å²) >= 11 is 0. The smallest absolute Gasteiger partial charge is 0.136 e. The number of hydrogen-bond acceptors (Lipinski definition) is 2. The van der Waals surface area contributed by atoms with Crippen molar-refractivity contribution >= 4 is 0 Å². The van der Waals surface area contributed by atoms with Crippen molar-refractivity contribution in [3.05, 3.63) is 47.9 Å². The summed E-state index contributed by atoms with van der Waals surface area (Å²) in [5.74, 6) is 1.76. The molecule has 0 atom stereocenters. The highest BCUT2D eigenvalue weighted by Gasteiger charge is 2.22. The lowest BCUT2D eigenvalue weighted by atomic mass is 9.77. The van der Waals surface area contributed by atoms with Crippen LogP contribution in [0.4, 0.5) is 4.39 Å². The van der Waals surface area contributed by atoms with E-state index in [-0.39, 0.29) is 5.82 Å². The number of halogens is 1. The van der Waals surface area contributed by atoms with Crippen LogP contribution in [0.3, 0.4) is 0 Å². The van der Waals surface area contributed by atoms with Gasteiger partial charge in [-0.05, 0) is 61.3 Å². The molecule has 0 saturated heterocycles. The maximum atomic E-state index is 14.2. The van der Waals surface area contributed by atoms with E-state index in [2.05, 4.69) is 18.0 Å². The molecule has 3 heteroatoms. The number of nitrogens with zero attached hydrogens (tertiary/aromatic N) is 1. The first-order valence-electron chi connectivity index (χ1n) is 9.51. The summed E-state index contributed by atoms with van der Waals surface area (Å²) in [4.78, 5) is 4.53. The number of ether oxygens (including phenoxy) is 1. The van der Waals surface area contributed by atoms with Crippen molar-refractivity contribution in [1.82, 2.24) is 4.98 Å². The molecular formula is C22H28FNO. The van der Waals surface area contributed by atoms with Gasteiger partial charge in [0.2, 0.25) is 0 Å². The molecule has 0 amide bonds. The van der Waals surface area contributed by atoms with Crippen LogP contribution in [0.1, 0.15) is 63.4 Å². The molecule has 1 saturated carbocycles. The van der Waals surface area contributed by atoms with E-state index in [1.807, 2.05) is 12.3 Å². The molecule has 0 radical (unpaired) electrons. The first kappa shape index (κ1) is 17.9. The molecule has 0 aliphatic heterocycles. The highest BCUT2D eigenvalue weighted by molar-refractivity contribution is 5.61. The molecule has 0 N–H and O–H groups in total. The van der Waals surface area contributed by atoms with Gasteiger partial charge in [-0.15, -0.1) is 0 Å². The van der Waals surface area contributed by atoms with Crippen molar-refractivity contribution < 1.29 is 9.13 Å². The number of hydrogen-bond donors (Lipinski definition) is 0. The molecule has 1 heterocycles. The summed E-state index contributed by atoms with van der Waals surface area (Å²) in [5, 5.41) is 0. The molecule has 1 aliphatic rings. The Morgan fingerprint density at radius 1 is 1.12 bits per heavy atom. The molecule has 0 unspecified atom stereocenters. The van der Waals surface area contributed by atoms with Gasteiger partial charge in [-0.1, -0.05) is 32.3 Å². The van der Waals surface area contributed by atoms with Gasteiger partial charge in [-0.2, -0.15) is 0 Å². The predicted octanol–water partition coefficient (Wildman–Crippen LogP) is 6.36. The Bertz CT molecular complexity index is 675. The maximum absolute atomic E-state index is 14.2. The molecule has 1 aromatic heterocycles. The quantitative estimate of drug-likeness (QED) is 0.610. The molecule has 134 valence electrons. The molecule has 0 spiro atoms. The lowest BCUT2D eigenvalue weighted by molar-refractivity contribution is 0.304. The van der Waals surface area contributed by atoms with Crippen LogP contribution >= 0.6 is 0 Å². The standard InChI is InChI=1S/C22H28FNO/c1-3-4-5-16-6-8-17(9-7-16)18-10-13-22(24-15-18)20-12-11-19(25-2)14-21(20)23/h10-17H,3-9H2,1-2H3. The minimum Gasteiger partial charge on any atom is -0.497 e. The van der Waals surface area contributed by atoms with Gasteiger partial charge >= 0.3 is 0 Å². The molecular weight excluding hydrogens is 313 g/mol. The highest BCUT2D eigenvalue weighted by Crippen LogP contribution is 2.38. The topological polar surface area (TPSA) is 22.1 Å². The highest BCUT2D eigenvalue weighted by atomic mass is 19.1. The SMILES string of the molecule is CCCCC1CCC(c2ccc(-c3ccc(OC)cc3F)nc2)CC1. The fourth-order valence-electron chi connectivity index (χ4n) is 3.91. The van der Waals surface area contributed by atoms with Gasteiger partial charge in [0.15, 0.2) is 0 Å². The lowest BCUT2D eigenvalue weighted by Gasteiger charge is -2.28. The molecule has 25 heavy (non-hydrogen) atoms. The number of unbranched alkanes of at least 4 members (excludes halogenated alkanes) is 1. The molecule has 2 aromatic rings. The van der Waals surface area contributed by atoms with Crippen LogP contribution in [-0.4, -0.2) is 12.1 Å². The van der Waals surface area contributed by atoms with Gasteiger partial charge < -0.3 is 4.74 Å². The zero-order chi connectivity index (χ0) is 17.6. The summed E-state index contributed by atoms with van der Waals surface area (Å²) in [7, 11) is 1.54. The number of rotatable bonds is 6. The van der Waals surface area contributed by atoms with Gasteiger partial charge in [0, 0.05) is 17.8 Å². The lowest BCUT2D eigenvalue weighted by Crippen LogP contribution is -2.13. The molecule has 1 aromatic carbocycles. The van der Waals surface area contributed by atoms with Crippen LogP contribution in [0.2, 0.25) is 0 Å². The Morgan fingerprint density at radius 3 is 2.52 bits per heavy atom. The van der Waals surface area contributed by atoms with Crippen molar-refractivity contribution in [3.8, 4) is 17.0 Å². The van der Waals surface area contributed by atoms with Crippen LogP contribution in [0.5, 0.6) is 5.75 Å². The maximum Gasteiger partial charge on any atom is 0.136 e. The minimum atomic E-state index is -0.295. The Kier molecular flexibility index (Phi) is 6.06. The monoisotopic (exact) mass is 341 g/mol. The third kappa shape index (κ3) is 4.39. The van der Waals surface area contributed by atoms with Crippen molar-refractivity contribution in [2.45, 2.75) is 57.8 Å². The average molecular weight is 341 g/mol. The molecule has 0 bridgehead atoms. The van der Waals surface area contributed by atoms with E-state index in [9.17, 15) is 4.39 Å². The Hall–Kier alpha value is -1.90. The first-order valence-corrected chi connectivity index (χ1v) is 9.51. The van der Waals surface area contributed by atoms with Crippen LogP contribution < -0.4 is 4.74 Å². The van der Waals surface area contributed by atoms with E-state index in [1.54, 1.807) is 19.2 Å². The van der Waals surface area contributed by atoms with Gasteiger partial charge in [-0.25, -0.2) is 4.39 Å². The first-order chi connectivity index (χ1) is 12.2. The van der Waals surface area contributed by atoms with E-state index in [0.29, 0.717) is 22.9 Å². The summed E-state index contributed by atoms with van der Waals surface area (Å²) in [6.45, 7) is 2.27. The van der Waals surface area contributed by atoms with Crippen LogP contribution in [-0.2, 0) is 0 Å². The second kappa shape index (κ2) is 8.46. The van der Waals surface area contributed by atoms with Crippen molar-refractivity contribution in [2.24, 2.45) is 5.92 Å². The number of methoxy groups -OCH3 is 1. The number of aromatic nitrogens is 1. The Balaban J connectivity index is 1.65. The molecule has 2 nitrogen and oxygen atoms in total. The van der Waals surface area contributed by atoms with Gasteiger partial charge in [0.25, 0.3) is 0 Å². The molecule has 1 aliphatic carbocycles. The zero-order valence-electron chi connectivity index (χ0n) is 15.3. The Labute approximate surface area is 150 Å². The number of benzene rings is 1. The van der Waals surface area contributed by atoms with Crippen molar-refractivity contribution in [2.75, 3.05) is 7.11 Å². The summed E-state index contributed by atoms with van der Waals surface area (Å²) < 4.78 is 19.3. The van der Waals surface area contributed by atoms with Crippen molar-refractivity contribution in [3.63, 3.8) is 0 Å². The minimum absolute atomic E-state index is 0.295. The van der Waals surface area contributed by atoms with E-state index in [0.717, 1.165) is 5.92 Å². The number of pyridine rings is 1. The van der Waals surface area contributed by atoms with Crippen molar-refractivity contribution in [1.29, 1.82) is 0 Å². The van der Waals surface area contributed by atoms with Crippen LogP contribution in [0, 0.1) is 11.7 Å². The van der Waals surface area contributed by atoms with Gasteiger partial charge in [-0.3, -0.25) is 4.98 Å². The predicted molar refractivity (Wildman–Crippen MR) is 100 cm³/mol. The second-order valence-corrected chi connectivity index (χ2v) is 7.18. The van der Waals surface area contributed by atoms with E-state index in [4.69, 9.17) is 4.74 Å². The fourth-order valence-corrected chi connectivity index (χ4v) is 3.91. The second-order valence-electron chi connectivity index (χ2n) is 7.18. The van der Waals surface area contributed by atoms with Crippen LogP contribution in [0.25, 0.3) is 11.3 Å². The average Bonchev–Trinajstić information content (AvgIpc) is 2.67. The third-order valence-corrected chi connectivity index (χ3v) is 5.52. The summed E-state index contributed by atoms with van der Waals surface area (Å²) in [6.07, 6.45) is 11.2. The summed E-state index contributed by atoms with van der Waals surface area (Å²) in [6, 6.07) is 8.98. The van der Waals surface area contributed by atoms with Gasteiger partial charge in [0.1, 0.15) is 11.6 Å².